The summed E-state index contributed by atoms with van der Waals surface area (Å²) in [6.07, 6.45) is 3.56. The van der Waals surface area contributed by atoms with E-state index in [1.807, 2.05) is 42.6 Å². The quantitative estimate of drug-likeness (QED) is 0.131. The minimum absolute atomic E-state index is 0.00529. The summed E-state index contributed by atoms with van der Waals surface area (Å²) >= 11 is 0. The van der Waals surface area contributed by atoms with Gasteiger partial charge in [0.1, 0.15) is 11.4 Å². The van der Waals surface area contributed by atoms with Gasteiger partial charge in [-0.25, -0.2) is 4.98 Å². The van der Waals surface area contributed by atoms with Gasteiger partial charge in [-0.05, 0) is 55.5 Å². The van der Waals surface area contributed by atoms with Crippen LogP contribution in [0.4, 0.5) is 28.6 Å². The van der Waals surface area contributed by atoms with Crippen molar-refractivity contribution in [1.29, 1.82) is 0 Å². The third-order valence-electron chi connectivity index (χ3n) is 6.71. The highest BCUT2D eigenvalue weighted by molar-refractivity contribution is 6.26. The number of piperazine rings is 1. The lowest BCUT2D eigenvalue weighted by Gasteiger charge is -2.28. The zero-order valence-electron chi connectivity index (χ0n) is 22.5. The second-order valence-electron chi connectivity index (χ2n) is 9.38. The minimum atomic E-state index is -0.505. The van der Waals surface area contributed by atoms with Crippen molar-refractivity contribution in [3.8, 4) is 0 Å². The lowest BCUT2D eigenvalue weighted by atomic mass is 10.1. The molecule has 5 rings (SSSR count). The third-order valence-corrected chi connectivity index (χ3v) is 6.71. The van der Waals surface area contributed by atoms with E-state index < -0.39 is 11.8 Å². The zero-order chi connectivity index (χ0) is 27.9. The van der Waals surface area contributed by atoms with E-state index in [1.165, 1.54) is 0 Å². The first kappa shape index (κ1) is 26.6. The number of rotatable bonds is 8. The Morgan fingerprint density at radius 1 is 0.850 bits per heavy atom. The Balaban J connectivity index is 1.30. The molecule has 1 aliphatic rings. The van der Waals surface area contributed by atoms with Crippen molar-refractivity contribution in [2.75, 3.05) is 54.1 Å². The van der Waals surface area contributed by atoms with Crippen LogP contribution in [0.3, 0.4) is 0 Å². The Bertz CT molecular complexity index is 1530. The highest BCUT2D eigenvalue weighted by atomic mass is 16.2. The normalized spacial score (nSPS) is 13.8. The number of carbonyl (C=O) groups excluding carboxylic acids is 2. The van der Waals surface area contributed by atoms with Crippen LogP contribution >= 0.6 is 0 Å². The molecule has 2 amide bonds. The van der Waals surface area contributed by atoms with Gasteiger partial charge in [-0.3, -0.25) is 14.6 Å². The third kappa shape index (κ3) is 6.19. The smallest absolute Gasteiger partial charge is 0.263 e. The average molecular weight is 537 g/mol. The molecule has 3 heterocycles. The molecular formula is C30H32N8O2. The van der Waals surface area contributed by atoms with E-state index in [0.29, 0.717) is 17.1 Å². The van der Waals surface area contributed by atoms with Gasteiger partial charge in [-0.15, -0.1) is 0 Å². The Labute approximate surface area is 232 Å². The standard InChI is InChI=1S/C30H32N8O2/c1-20(31-2)28(29(39)36-21-6-4-3-5-7-21)30(40)37-23-10-8-22(9-11-23)35-25-12-13-33-26-19-34-27(18-24(25)26)38-16-14-32-15-17-38/h3-13,18-19,31-32H,14-17H2,1-2H3,(H,33,35)(H,36,39)(H,37,40)/b28-20+. The number of hydrogen-bond donors (Lipinski definition) is 5. The number of nitrogens with zero attached hydrogens (tertiary/aromatic N) is 3. The number of benzene rings is 2. The fourth-order valence-corrected chi connectivity index (χ4v) is 4.48. The fourth-order valence-electron chi connectivity index (χ4n) is 4.48. The number of fused-ring (bicyclic) bond motifs is 1. The highest BCUT2D eigenvalue weighted by Crippen LogP contribution is 2.28. The lowest BCUT2D eigenvalue weighted by molar-refractivity contribution is -0.118. The SMILES string of the molecule is CN/C(C)=C(\C(=O)Nc1ccccc1)C(=O)Nc1ccc(Nc2ccnc3cnc(N4CCNCC4)cc23)cc1. The molecule has 2 aromatic carbocycles. The number of anilines is 5. The van der Waals surface area contributed by atoms with Gasteiger partial charge in [0.2, 0.25) is 0 Å². The summed E-state index contributed by atoms with van der Waals surface area (Å²) in [5.41, 5.74) is 4.20. The second kappa shape index (κ2) is 12.3. The van der Waals surface area contributed by atoms with E-state index in [0.717, 1.165) is 54.3 Å². The number of nitrogens with one attached hydrogen (secondary N) is 5. The number of pyridine rings is 2. The van der Waals surface area contributed by atoms with Crippen LogP contribution in [0.15, 0.2) is 90.4 Å². The predicted molar refractivity (Wildman–Crippen MR) is 160 cm³/mol. The molecule has 0 radical (unpaired) electrons. The van der Waals surface area contributed by atoms with Crippen LogP contribution in [0.2, 0.25) is 0 Å². The van der Waals surface area contributed by atoms with Crippen molar-refractivity contribution >= 4 is 51.3 Å². The molecular weight excluding hydrogens is 504 g/mol. The van der Waals surface area contributed by atoms with Crippen LogP contribution in [-0.2, 0) is 9.59 Å². The molecule has 0 spiro atoms. The number of carbonyl (C=O) groups is 2. The van der Waals surface area contributed by atoms with E-state index in [-0.39, 0.29) is 5.57 Å². The Hall–Kier alpha value is -4.96. The lowest BCUT2D eigenvalue weighted by Crippen LogP contribution is -2.43. The molecule has 5 N–H and O–H groups in total. The molecule has 0 aliphatic carbocycles. The van der Waals surface area contributed by atoms with Gasteiger partial charge in [0.15, 0.2) is 0 Å². The van der Waals surface area contributed by atoms with Crippen LogP contribution in [0, 0.1) is 0 Å². The number of para-hydroxylation sites is 1. The summed E-state index contributed by atoms with van der Waals surface area (Å²) in [5.74, 6) is -0.0673. The van der Waals surface area contributed by atoms with Gasteiger partial charge < -0.3 is 31.5 Å². The Morgan fingerprint density at radius 2 is 1.50 bits per heavy atom. The largest absolute Gasteiger partial charge is 0.391 e. The minimum Gasteiger partial charge on any atom is -0.391 e. The number of hydrogen-bond acceptors (Lipinski definition) is 8. The summed E-state index contributed by atoms with van der Waals surface area (Å²) < 4.78 is 0. The Morgan fingerprint density at radius 3 is 2.17 bits per heavy atom. The predicted octanol–water partition coefficient (Wildman–Crippen LogP) is 3.85. The molecule has 1 saturated heterocycles. The first-order valence-corrected chi connectivity index (χ1v) is 13.2. The molecule has 204 valence electrons. The Kier molecular flexibility index (Phi) is 8.17. The van der Waals surface area contributed by atoms with Crippen LogP contribution in [0.25, 0.3) is 10.9 Å². The van der Waals surface area contributed by atoms with E-state index in [2.05, 4.69) is 47.5 Å². The molecule has 0 bridgehead atoms. The summed E-state index contributed by atoms with van der Waals surface area (Å²) in [7, 11) is 1.67. The molecule has 1 fully saturated rings. The number of allylic oxidation sites excluding steroid dienone is 1. The molecule has 4 aromatic rings. The average Bonchev–Trinajstić information content (AvgIpc) is 2.99. The van der Waals surface area contributed by atoms with Gasteiger partial charge in [0.25, 0.3) is 11.8 Å². The molecule has 0 saturated carbocycles. The van der Waals surface area contributed by atoms with Gasteiger partial charge in [0.05, 0.1) is 11.7 Å². The van der Waals surface area contributed by atoms with Crippen LogP contribution < -0.4 is 31.5 Å². The van der Waals surface area contributed by atoms with Crippen LogP contribution in [0.1, 0.15) is 6.92 Å². The van der Waals surface area contributed by atoms with Gasteiger partial charge >= 0.3 is 0 Å². The van der Waals surface area contributed by atoms with Gasteiger partial charge in [-0.1, -0.05) is 18.2 Å². The van der Waals surface area contributed by atoms with Crippen molar-refractivity contribution in [3.05, 3.63) is 90.4 Å². The van der Waals surface area contributed by atoms with Crippen molar-refractivity contribution < 1.29 is 9.59 Å². The van der Waals surface area contributed by atoms with E-state index in [1.54, 1.807) is 44.4 Å². The maximum absolute atomic E-state index is 13.1. The maximum Gasteiger partial charge on any atom is 0.263 e. The monoisotopic (exact) mass is 536 g/mol. The molecule has 40 heavy (non-hydrogen) atoms. The fraction of sp³-hybridized carbons (Fsp3) is 0.200. The first-order chi connectivity index (χ1) is 19.5. The maximum atomic E-state index is 13.1. The number of amides is 2. The van der Waals surface area contributed by atoms with Crippen LogP contribution in [0.5, 0.6) is 0 Å². The van der Waals surface area contributed by atoms with Gasteiger partial charge in [-0.2, -0.15) is 0 Å². The zero-order valence-corrected chi connectivity index (χ0v) is 22.5. The van der Waals surface area contributed by atoms with Crippen molar-refractivity contribution in [3.63, 3.8) is 0 Å². The van der Waals surface area contributed by atoms with Crippen molar-refractivity contribution in [2.24, 2.45) is 0 Å². The molecule has 10 nitrogen and oxygen atoms in total. The summed E-state index contributed by atoms with van der Waals surface area (Å²) in [6.45, 7) is 5.38. The van der Waals surface area contributed by atoms with Crippen LogP contribution in [-0.4, -0.2) is 55.0 Å². The van der Waals surface area contributed by atoms with Gasteiger partial charge in [0, 0.05) is 73.3 Å². The number of aromatic nitrogens is 2. The molecule has 0 unspecified atom stereocenters. The first-order valence-electron chi connectivity index (χ1n) is 13.2. The molecule has 10 heteroatoms. The second-order valence-corrected chi connectivity index (χ2v) is 9.38. The van der Waals surface area contributed by atoms with E-state index >= 15 is 0 Å². The topological polar surface area (TPSA) is 123 Å². The summed E-state index contributed by atoms with van der Waals surface area (Å²) in [5, 5.41) is 16.3. The van der Waals surface area contributed by atoms with Crippen molar-refractivity contribution in [2.45, 2.75) is 6.92 Å². The highest BCUT2D eigenvalue weighted by Gasteiger charge is 2.22. The van der Waals surface area contributed by atoms with Crippen molar-refractivity contribution in [1.82, 2.24) is 20.6 Å². The molecule has 1 aliphatic heterocycles. The molecule has 0 atom stereocenters. The molecule has 2 aromatic heterocycles. The van der Waals surface area contributed by atoms with E-state index in [4.69, 9.17) is 0 Å². The summed E-state index contributed by atoms with van der Waals surface area (Å²) in [6, 6.07) is 20.4. The van der Waals surface area contributed by atoms with E-state index in [9.17, 15) is 9.59 Å². The summed E-state index contributed by atoms with van der Waals surface area (Å²) in [4.78, 5) is 37.4.